The molecule has 0 bridgehead atoms. The Balaban J connectivity index is 1.27. The first-order chi connectivity index (χ1) is 16.7. The third-order valence-corrected chi connectivity index (χ3v) is 6.63. The number of aromatic amines is 1. The predicted molar refractivity (Wildman–Crippen MR) is 132 cm³/mol. The molecule has 188 valence electrons. The molecule has 2 aromatic carbocycles. The first-order valence-electron chi connectivity index (χ1n) is 12.2. The molecule has 2 heterocycles. The minimum atomic E-state index is -4.69. The molecule has 0 atom stereocenters. The number of hydrogen-bond donors (Lipinski definition) is 2. The Morgan fingerprint density at radius 1 is 1.17 bits per heavy atom. The Morgan fingerprint density at radius 3 is 2.66 bits per heavy atom. The Kier molecular flexibility index (Phi) is 7.69. The fourth-order valence-corrected chi connectivity index (χ4v) is 4.70. The molecular weight excluding hydrogens is 455 g/mol. The number of benzene rings is 2. The number of alkyl halides is 3. The van der Waals surface area contributed by atoms with E-state index in [-0.39, 0.29) is 17.6 Å². The van der Waals surface area contributed by atoms with Crippen molar-refractivity contribution in [2.75, 3.05) is 25.0 Å². The van der Waals surface area contributed by atoms with Crippen LogP contribution in [-0.4, -0.2) is 41.8 Å². The second-order valence-corrected chi connectivity index (χ2v) is 9.56. The number of halogens is 3. The number of nitrogens with zero attached hydrogens (tertiary/aromatic N) is 1. The number of aromatic nitrogens is 1. The molecule has 35 heavy (non-hydrogen) atoms. The van der Waals surface area contributed by atoms with E-state index in [1.54, 1.807) is 6.07 Å². The molecule has 1 fully saturated rings. The van der Waals surface area contributed by atoms with Gasteiger partial charge in [-0.3, -0.25) is 4.79 Å². The largest absolute Gasteiger partial charge is 0.573 e. The van der Waals surface area contributed by atoms with Gasteiger partial charge in [-0.05, 0) is 92.7 Å². The molecule has 4 rings (SSSR count). The molecule has 1 saturated heterocycles. The highest BCUT2D eigenvalue weighted by atomic mass is 19.4. The van der Waals surface area contributed by atoms with E-state index in [1.807, 2.05) is 32.2 Å². The van der Waals surface area contributed by atoms with E-state index in [4.69, 9.17) is 0 Å². The molecule has 0 aliphatic carbocycles. The number of piperidine rings is 1. The normalized spacial score (nSPS) is 15.6. The molecule has 0 unspecified atom stereocenters. The van der Waals surface area contributed by atoms with Gasteiger partial charge in [-0.1, -0.05) is 26.0 Å². The van der Waals surface area contributed by atoms with Gasteiger partial charge in [-0.15, -0.1) is 13.2 Å². The number of H-pyrrole nitrogens is 1. The average molecular weight is 488 g/mol. The van der Waals surface area contributed by atoms with Crippen LogP contribution >= 0.6 is 0 Å². The Bertz CT molecular complexity index is 1150. The van der Waals surface area contributed by atoms with Gasteiger partial charge in [-0.25, -0.2) is 0 Å². The highest BCUT2D eigenvalue weighted by Gasteiger charge is 2.31. The highest BCUT2D eigenvalue weighted by molar-refractivity contribution is 5.92. The molecule has 3 aromatic rings. The van der Waals surface area contributed by atoms with Crippen molar-refractivity contribution >= 4 is 22.5 Å². The van der Waals surface area contributed by atoms with Gasteiger partial charge in [0.25, 0.3) is 0 Å². The zero-order valence-corrected chi connectivity index (χ0v) is 20.1. The summed E-state index contributed by atoms with van der Waals surface area (Å²) in [6.07, 6.45) is 1.02. The Hall–Kier alpha value is -3.00. The molecule has 0 spiro atoms. The van der Waals surface area contributed by atoms with E-state index >= 15 is 0 Å². The fourth-order valence-electron chi connectivity index (χ4n) is 4.70. The van der Waals surface area contributed by atoms with Gasteiger partial charge >= 0.3 is 6.36 Å². The number of aryl methyl sites for hydroxylation is 1. The summed E-state index contributed by atoms with van der Waals surface area (Å²) in [5, 5.41) is 3.76. The van der Waals surface area contributed by atoms with Gasteiger partial charge in [0.1, 0.15) is 5.75 Å². The van der Waals surface area contributed by atoms with E-state index in [0.717, 1.165) is 67.5 Å². The highest BCUT2D eigenvalue weighted by Crippen LogP contribution is 2.31. The summed E-state index contributed by atoms with van der Waals surface area (Å²) in [7, 11) is 0. The summed E-state index contributed by atoms with van der Waals surface area (Å²) in [5.41, 5.74) is 3.93. The smallest absolute Gasteiger partial charge is 0.406 e. The van der Waals surface area contributed by atoms with Gasteiger partial charge < -0.3 is 19.9 Å². The van der Waals surface area contributed by atoms with Crippen LogP contribution in [-0.2, 0) is 11.2 Å². The first kappa shape index (κ1) is 25.1. The number of anilines is 1. The van der Waals surface area contributed by atoms with Crippen molar-refractivity contribution in [1.29, 1.82) is 0 Å². The number of carbonyl (C=O) groups is 1. The molecule has 1 aliphatic rings. The van der Waals surface area contributed by atoms with E-state index in [1.165, 1.54) is 17.7 Å². The number of rotatable bonds is 8. The van der Waals surface area contributed by atoms with Gasteiger partial charge in [-0.2, -0.15) is 0 Å². The van der Waals surface area contributed by atoms with Crippen molar-refractivity contribution in [2.45, 2.75) is 51.8 Å². The molecule has 0 radical (unpaired) electrons. The third-order valence-electron chi connectivity index (χ3n) is 6.63. The number of ether oxygens (including phenoxy) is 1. The van der Waals surface area contributed by atoms with Crippen LogP contribution < -0.4 is 10.1 Å². The maximum Gasteiger partial charge on any atom is 0.573 e. The van der Waals surface area contributed by atoms with Gasteiger partial charge in [0.15, 0.2) is 0 Å². The summed E-state index contributed by atoms with van der Waals surface area (Å²) in [4.78, 5) is 17.6. The fraction of sp³-hybridized carbons (Fsp3) is 0.444. The number of amides is 1. The van der Waals surface area contributed by atoms with E-state index < -0.39 is 6.36 Å². The van der Waals surface area contributed by atoms with Crippen molar-refractivity contribution in [3.8, 4) is 5.75 Å². The lowest BCUT2D eigenvalue weighted by atomic mass is 9.89. The Morgan fingerprint density at radius 2 is 1.94 bits per heavy atom. The third kappa shape index (κ3) is 6.78. The van der Waals surface area contributed by atoms with Crippen LogP contribution in [0, 0.1) is 5.92 Å². The monoisotopic (exact) mass is 487 g/mol. The zero-order valence-electron chi connectivity index (χ0n) is 20.1. The van der Waals surface area contributed by atoms with Gasteiger partial charge in [0.2, 0.25) is 5.91 Å². The van der Waals surface area contributed by atoms with E-state index in [0.29, 0.717) is 5.92 Å². The number of nitrogens with one attached hydrogen (secondary N) is 2. The SMILES string of the molecule is CC(C)C(=O)Nc1cccc(C2CCN(CCCc3c[nH]c4ccc(OC(F)(F)F)cc34)CC2)c1. The maximum absolute atomic E-state index is 12.6. The summed E-state index contributed by atoms with van der Waals surface area (Å²) >= 11 is 0. The minimum absolute atomic E-state index is 0.0243. The maximum atomic E-state index is 12.6. The number of carbonyl (C=O) groups excluding carboxylic acids is 1. The number of likely N-dealkylation sites (tertiary alicyclic amines) is 1. The lowest BCUT2D eigenvalue weighted by molar-refractivity contribution is -0.274. The number of hydrogen-bond acceptors (Lipinski definition) is 3. The van der Waals surface area contributed by atoms with Crippen LogP contribution in [0.25, 0.3) is 10.9 Å². The summed E-state index contributed by atoms with van der Waals surface area (Å²) < 4.78 is 41.8. The molecular formula is C27H32F3N3O2. The van der Waals surface area contributed by atoms with Crippen molar-refractivity contribution in [2.24, 2.45) is 5.92 Å². The van der Waals surface area contributed by atoms with Crippen molar-refractivity contribution in [1.82, 2.24) is 9.88 Å². The lowest BCUT2D eigenvalue weighted by Gasteiger charge is -2.32. The quantitative estimate of drug-likeness (QED) is 0.383. The minimum Gasteiger partial charge on any atom is -0.406 e. The topological polar surface area (TPSA) is 57.4 Å². The number of fused-ring (bicyclic) bond motifs is 1. The van der Waals surface area contributed by atoms with Crippen molar-refractivity contribution in [3.63, 3.8) is 0 Å². The predicted octanol–water partition coefficient (Wildman–Crippen LogP) is 6.47. The molecule has 0 saturated carbocycles. The van der Waals surface area contributed by atoms with Gasteiger partial charge in [0, 0.05) is 28.7 Å². The van der Waals surface area contributed by atoms with Crippen LogP contribution in [0.2, 0.25) is 0 Å². The summed E-state index contributed by atoms with van der Waals surface area (Å²) in [6, 6.07) is 12.6. The molecule has 5 nitrogen and oxygen atoms in total. The van der Waals surface area contributed by atoms with E-state index in [2.05, 4.69) is 32.1 Å². The zero-order chi connectivity index (χ0) is 25.0. The van der Waals surface area contributed by atoms with Crippen LogP contribution in [0.15, 0.2) is 48.7 Å². The second kappa shape index (κ2) is 10.7. The van der Waals surface area contributed by atoms with Crippen LogP contribution in [0.4, 0.5) is 18.9 Å². The van der Waals surface area contributed by atoms with Crippen molar-refractivity contribution in [3.05, 3.63) is 59.8 Å². The Labute approximate surface area is 203 Å². The molecule has 1 aromatic heterocycles. The molecule has 8 heteroatoms. The summed E-state index contributed by atoms with van der Waals surface area (Å²) in [6.45, 7) is 6.72. The summed E-state index contributed by atoms with van der Waals surface area (Å²) in [5.74, 6) is 0.251. The van der Waals surface area contributed by atoms with E-state index in [9.17, 15) is 18.0 Å². The molecule has 1 aliphatic heterocycles. The lowest BCUT2D eigenvalue weighted by Crippen LogP contribution is -2.33. The van der Waals surface area contributed by atoms with Crippen molar-refractivity contribution < 1.29 is 22.7 Å². The van der Waals surface area contributed by atoms with Crippen LogP contribution in [0.3, 0.4) is 0 Å². The van der Waals surface area contributed by atoms with Crippen LogP contribution in [0.1, 0.15) is 50.2 Å². The first-order valence-corrected chi connectivity index (χ1v) is 12.2. The second-order valence-electron chi connectivity index (χ2n) is 9.56. The van der Waals surface area contributed by atoms with Crippen LogP contribution in [0.5, 0.6) is 5.75 Å². The molecule has 2 N–H and O–H groups in total. The van der Waals surface area contributed by atoms with Gasteiger partial charge in [0.05, 0.1) is 0 Å². The standard InChI is InChI=1S/C27H32F3N3O2/c1-18(2)26(34)32-22-7-3-5-20(15-22)19-10-13-33(14-11-19)12-4-6-21-17-31-25-9-8-23(16-24(21)25)35-27(28,29)30/h3,5,7-9,15-19,31H,4,6,10-14H2,1-2H3,(H,32,34). The average Bonchev–Trinajstić information content (AvgIpc) is 3.21. The molecule has 1 amide bonds.